The molecule has 0 spiro atoms. The molecule has 0 aliphatic heterocycles. The molecule has 0 aromatic heterocycles. The quantitative estimate of drug-likeness (QED) is 0.899. The molecular formula is C13H10BrClFNO. The molecule has 0 saturated heterocycles. The summed E-state index contributed by atoms with van der Waals surface area (Å²) in [5.41, 5.74) is 6.35. The van der Waals surface area contributed by atoms with E-state index in [0.717, 1.165) is 5.56 Å². The number of hydrogen-bond donors (Lipinski definition) is 1. The van der Waals surface area contributed by atoms with Crippen molar-refractivity contribution in [2.75, 3.05) is 0 Å². The third-order valence-corrected chi connectivity index (χ3v) is 3.37. The number of ether oxygens (including phenoxy) is 1. The van der Waals surface area contributed by atoms with Crippen molar-refractivity contribution in [3.8, 4) is 11.5 Å². The first-order valence-electron chi connectivity index (χ1n) is 5.21. The number of hydrogen-bond acceptors (Lipinski definition) is 2. The van der Waals surface area contributed by atoms with E-state index in [0.29, 0.717) is 27.5 Å². The zero-order valence-corrected chi connectivity index (χ0v) is 11.6. The molecule has 2 N–H and O–H groups in total. The normalized spacial score (nSPS) is 10.4. The van der Waals surface area contributed by atoms with Gasteiger partial charge < -0.3 is 10.5 Å². The lowest BCUT2D eigenvalue weighted by Crippen LogP contribution is -1.97. The van der Waals surface area contributed by atoms with Crippen LogP contribution in [0.5, 0.6) is 11.5 Å². The van der Waals surface area contributed by atoms with Crippen molar-refractivity contribution < 1.29 is 9.13 Å². The van der Waals surface area contributed by atoms with Crippen molar-refractivity contribution >= 4 is 27.5 Å². The van der Waals surface area contributed by atoms with E-state index in [2.05, 4.69) is 15.9 Å². The monoisotopic (exact) mass is 329 g/mol. The standard InChI is InChI=1S/C13H10BrClFNO/c14-11-4-2-9(16)5-13(11)18-10-3-1-8(7-17)12(15)6-10/h1-6H,7,17H2. The molecule has 5 heteroatoms. The summed E-state index contributed by atoms with van der Waals surface area (Å²) in [6.45, 7) is 0.364. The number of nitrogens with two attached hydrogens (primary N) is 1. The predicted octanol–water partition coefficient (Wildman–Crippen LogP) is 4.49. The van der Waals surface area contributed by atoms with Gasteiger partial charge in [0.2, 0.25) is 0 Å². The van der Waals surface area contributed by atoms with Gasteiger partial charge in [-0.25, -0.2) is 4.39 Å². The minimum absolute atomic E-state index is 0.363. The molecule has 0 atom stereocenters. The third-order valence-electron chi connectivity index (χ3n) is 2.37. The van der Waals surface area contributed by atoms with Crippen LogP contribution in [0.1, 0.15) is 5.56 Å². The lowest BCUT2D eigenvalue weighted by molar-refractivity contribution is 0.473. The van der Waals surface area contributed by atoms with Crippen LogP contribution in [-0.4, -0.2) is 0 Å². The van der Waals surface area contributed by atoms with Crippen LogP contribution in [0.25, 0.3) is 0 Å². The van der Waals surface area contributed by atoms with Gasteiger partial charge in [-0.1, -0.05) is 17.7 Å². The molecule has 2 nitrogen and oxygen atoms in total. The summed E-state index contributed by atoms with van der Waals surface area (Å²) in [5, 5.41) is 0.530. The lowest BCUT2D eigenvalue weighted by atomic mass is 10.2. The Labute approximate surface area is 118 Å². The molecule has 0 aliphatic carbocycles. The number of benzene rings is 2. The summed E-state index contributed by atoms with van der Waals surface area (Å²) < 4.78 is 19.3. The Hall–Kier alpha value is -1.10. The van der Waals surface area contributed by atoms with Crippen LogP contribution in [0, 0.1) is 5.82 Å². The summed E-state index contributed by atoms with van der Waals surface area (Å²) in [6.07, 6.45) is 0. The molecular weight excluding hydrogens is 321 g/mol. The summed E-state index contributed by atoms with van der Waals surface area (Å²) in [6, 6.07) is 9.41. The van der Waals surface area contributed by atoms with Crippen LogP contribution >= 0.6 is 27.5 Å². The third kappa shape index (κ3) is 3.02. The largest absolute Gasteiger partial charge is 0.456 e. The smallest absolute Gasteiger partial charge is 0.144 e. The number of halogens is 3. The van der Waals surface area contributed by atoms with E-state index in [1.165, 1.54) is 12.1 Å². The maximum absolute atomic E-state index is 13.1. The Balaban J connectivity index is 2.28. The van der Waals surface area contributed by atoms with Crippen molar-refractivity contribution in [1.82, 2.24) is 0 Å². The summed E-state index contributed by atoms with van der Waals surface area (Å²) in [4.78, 5) is 0. The molecule has 0 heterocycles. The van der Waals surface area contributed by atoms with E-state index >= 15 is 0 Å². The van der Waals surface area contributed by atoms with E-state index in [1.807, 2.05) is 0 Å². The molecule has 94 valence electrons. The Bertz CT molecular complexity index is 577. The van der Waals surface area contributed by atoms with Crippen molar-refractivity contribution in [1.29, 1.82) is 0 Å². The molecule has 2 aromatic rings. The van der Waals surface area contributed by atoms with Crippen LogP contribution in [0.15, 0.2) is 40.9 Å². The van der Waals surface area contributed by atoms with Crippen molar-refractivity contribution in [2.45, 2.75) is 6.54 Å². The van der Waals surface area contributed by atoms with Gasteiger partial charge in [-0.2, -0.15) is 0 Å². The highest BCUT2D eigenvalue weighted by Gasteiger charge is 2.06. The molecule has 0 bridgehead atoms. The summed E-state index contributed by atoms with van der Waals surface area (Å²) in [7, 11) is 0. The van der Waals surface area contributed by atoms with E-state index < -0.39 is 0 Å². The first-order chi connectivity index (χ1) is 8.60. The molecule has 18 heavy (non-hydrogen) atoms. The minimum Gasteiger partial charge on any atom is -0.456 e. The van der Waals surface area contributed by atoms with Gasteiger partial charge in [0.15, 0.2) is 0 Å². The molecule has 0 saturated carbocycles. The average Bonchev–Trinajstić information content (AvgIpc) is 2.34. The van der Waals surface area contributed by atoms with Gasteiger partial charge in [0.05, 0.1) is 4.47 Å². The summed E-state index contributed by atoms with van der Waals surface area (Å²) in [5.74, 6) is 0.563. The van der Waals surface area contributed by atoms with Gasteiger partial charge in [0.25, 0.3) is 0 Å². The van der Waals surface area contributed by atoms with Crippen LogP contribution in [0.2, 0.25) is 5.02 Å². The highest BCUT2D eigenvalue weighted by molar-refractivity contribution is 9.10. The second-order valence-corrected chi connectivity index (χ2v) is 4.90. The van der Waals surface area contributed by atoms with Gasteiger partial charge >= 0.3 is 0 Å². The lowest BCUT2D eigenvalue weighted by Gasteiger charge is -2.09. The molecule has 0 aliphatic rings. The fourth-order valence-corrected chi connectivity index (χ4v) is 2.01. The SMILES string of the molecule is NCc1ccc(Oc2cc(F)ccc2Br)cc1Cl. The van der Waals surface area contributed by atoms with Gasteiger partial charge in [0, 0.05) is 17.6 Å². The van der Waals surface area contributed by atoms with Crippen molar-refractivity contribution in [2.24, 2.45) is 5.73 Å². The van der Waals surface area contributed by atoms with Crippen molar-refractivity contribution in [3.63, 3.8) is 0 Å². The van der Waals surface area contributed by atoms with Crippen LogP contribution in [-0.2, 0) is 6.54 Å². The fourth-order valence-electron chi connectivity index (χ4n) is 1.44. The zero-order chi connectivity index (χ0) is 13.1. The molecule has 2 aromatic carbocycles. The molecule has 0 unspecified atom stereocenters. The first kappa shape index (κ1) is 13.3. The first-order valence-corrected chi connectivity index (χ1v) is 6.38. The highest BCUT2D eigenvalue weighted by atomic mass is 79.9. The summed E-state index contributed by atoms with van der Waals surface area (Å²) >= 11 is 9.31. The maximum atomic E-state index is 13.1. The molecule has 0 fully saturated rings. The minimum atomic E-state index is -0.363. The Kier molecular flexibility index (Phi) is 4.22. The van der Waals surface area contributed by atoms with Crippen LogP contribution in [0.3, 0.4) is 0 Å². The van der Waals surface area contributed by atoms with Gasteiger partial charge in [-0.05, 0) is 45.8 Å². The topological polar surface area (TPSA) is 35.2 Å². The van der Waals surface area contributed by atoms with Crippen molar-refractivity contribution in [3.05, 3.63) is 57.3 Å². The van der Waals surface area contributed by atoms with Crippen LogP contribution < -0.4 is 10.5 Å². The fraction of sp³-hybridized carbons (Fsp3) is 0.0769. The molecule has 0 amide bonds. The second kappa shape index (κ2) is 5.69. The number of rotatable bonds is 3. The highest BCUT2D eigenvalue weighted by Crippen LogP contribution is 2.32. The molecule has 0 radical (unpaired) electrons. The van der Waals surface area contributed by atoms with E-state index in [4.69, 9.17) is 22.1 Å². The van der Waals surface area contributed by atoms with Gasteiger partial charge in [-0.15, -0.1) is 0 Å². The Morgan fingerprint density at radius 3 is 2.67 bits per heavy atom. The van der Waals surface area contributed by atoms with Gasteiger partial charge in [-0.3, -0.25) is 0 Å². The molecule has 2 rings (SSSR count). The van der Waals surface area contributed by atoms with E-state index in [9.17, 15) is 4.39 Å². The second-order valence-electron chi connectivity index (χ2n) is 3.63. The maximum Gasteiger partial charge on any atom is 0.144 e. The van der Waals surface area contributed by atoms with E-state index in [1.54, 1.807) is 24.3 Å². The predicted molar refractivity (Wildman–Crippen MR) is 73.5 cm³/mol. The van der Waals surface area contributed by atoms with E-state index in [-0.39, 0.29) is 5.82 Å². The average molecular weight is 331 g/mol. The van der Waals surface area contributed by atoms with Crippen LogP contribution in [0.4, 0.5) is 4.39 Å². The Morgan fingerprint density at radius 1 is 1.22 bits per heavy atom. The van der Waals surface area contributed by atoms with Gasteiger partial charge in [0.1, 0.15) is 17.3 Å². The Morgan fingerprint density at radius 2 is 2.00 bits per heavy atom. The zero-order valence-electron chi connectivity index (χ0n) is 9.29.